The average molecular weight is 128 g/mol. The number of aliphatic hydroxyl groups is 1. The summed E-state index contributed by atoms with van der Waals surface area (Å²) in [5.41, 5.74) is 0. The van der Waals surface area contributed by atoms with Gasteiger partial charge in [0.1, 0.15) is 0 Å². The van der Waals surface area contributed by atoms with Gasteiger partial charge >= 0.3 is 0 Å². The lowest BCUT2D eigenvalue weighted by molar-refractivity contribution is 0.0996. The van der Waals surface area contributed by atoms with Crippen molar-refractivity contribution in [1.82, 2.24) is 0 Å². The fraction of sp³-hybridized carbons (Fsp3) is 1.00. The van der Waals surface area contributed by atoms with Crippen LogP contribution in [0, 0.1) is 11.8 Å². The molecule has 0 unspecified atom stereocenters. The van der Waals surface area contributed by atoms with Crippen molar-refractivity contribution in [2.45, 2.75) is 18.9 Å². The maximum absolute atomic E-state index is 9.32. The number of hydrogen-bond donors (Lipinski definition) is 1. The lowest BCUT2D eigenvalue weighted by atomic mass is 10.00. The van der Waals surface area contributed by atoms with E-state index in [0.29, 0.717) is 11.8 Å². The van der Waals surface area contributed by atoms with Crippen LogP contribution in [0.1, 0.15) is 12.8 Å². The van der Waals surface area contributed by atoms with Crippen molar-refractivity contribution in [2.75, 3.05) is 13.2 Å². The van der Waals surface area contributed by atoms with Crippen molar-refractivity contribution in [3.8, 4) is 0 Å². The van der Waals surface area contributed by atoms with Gasteiger partial charge in [0.2, 0.25) is 0 Å². The molecule has 52 valence electrons. The molecule has 9 heavy (non-hydrogen) atoms. The predicted octanol–water partition coefficient (Wildman–Crippen LogP) is 0.404. The molecular weight excluding hydrogens is 116 g/mol. The second-order valence-electron chi connectivity index (χ2n) is 3.11. The van der Waals surface area contributed by atoms with Gasteiger partial charge in [-0.3, -0.25) is 0 Å². The Labute approximate surface area is 54.8 Å². The van der Waals surface area contributed by atoms with Gasteiger partial charge in [-0.05, 0) is 18.8 Å². The first-order chi connectivity index (χ1) is 4.38. The number of hydrogen-bond acceptors (Lipinski definition) is 2. The molecule has 1 heterocycles. The molecule has 0 aromatic rings. The van der Waals surface area contributed by atoms with Crippen molar-refractivity contribution >= 4 is 0 Å². The van der Waals surface area contributed by atoms with Gasteiger partial charge in [0.25, 0.3) is 0 Å². The zero-order valence-corrected chi connectivity index (χ0v) is 5.42. The lowest BCUT2D eigenvalue weighted by Crippen LogP contribution is -2.17. The molecule has 1 aliphatic carbocycles. The molecule has 0 aromatic heterocycles. The molecule has 2 fully saturated rings. The van der Waals surface area contributed by atoms with Crippen molar-refractivity contribution in [3.05, 3.63) is 0 Å². The van der Waals surface area contributed by atoms with Crippen molar-refractivity contribution in [1.29, 1.82) is 0 Å². The fourth-order valence-corrected chi connectivity index (χ4v) is 1.94. The molecule has 1 N–H and O–H groups in total. The topological polar surface area (TPSA) is 29.5 Å². The maximum Gasteiger partial charge on any atom is 0.0594 e. The maximum atomic E-state index is 9.32. The third kappa shape index (κ3) is 0.775. The minimum atomic E-state index is -0.0579. The van der Waals surface area contributed by atoms with E-state index in [4.69, 9.17) is 4.74 Å². The highest BCUT2D eigenvalue weighted by Gasteiger charge is 2.38. The number of fused-ring (bicyclic) bond motifs is 1. The predicted molar refractivity (Wildman–Crippen MR) is 33.0 cm³/mol. The van der Waals surface area contributed by atoms with Crippen LogP contribution in [0.25, 0.3) is 0 Å². The van der Waals surface area contributed by atoms with Crippen LogP contribution in [0.5, 0.6) is 0 Å². The number of rotatable bonds is 0. The van der Waals surface area contributed by atoms with E-state index < -0.39 is 0 Å². The van der Waals surface area contributed by atoms with E-state index in [1.54, 1.807) is 0 Å². The van der Waals surface area contributed by atoms with Crippen molar-refractivity contribution in [2.24, 2.45) is 11.8 Å². The van der Waals surface area contributed by atoms with Gasteiger partial charge in [0.05, 0.1) is 12.7 Å². The first-order valence-electron chi connectivity index (χ1n) is 3.64. The van der Waals surface area contributed by atoms with E-state index in [-0.39, 0.29) is 6.10 Å². The molecule has 0 spiro atoms. The van der Waals surface area contributed by atoms with Gasteiger partial charge < -0.3 is 9.84 Å². The quantitative estimate of drug-likeness (QED) is 0.512. The van der Waals surface area contributed by atoms with Crippen molar-refractivity contribution in [3.63, 3.8) is 0 Å². The second kappa shape index (κ2) is 1.96. The summed E-state index contributed by atoms with van der Waals surface area (Å²) in [6, 6.07) is 0. The second-order valence-corrected chi connectivity index (χ2v) is 3.11. The Morgan fingerprint density at radius 1 is 1.22 bits per heavy atom. The van der Waals surface area contributed by atoms with Gasteiger partial charge in [-0.15, -0.1) is 0 Å². The van der Waals surface area contributed by atoms with Crippen LogP contribution in [0.4, 0.5) is 0 Å². The summed E-state index contributed by atoms with van der Waals surface area (Å²) in [6.07, 6.45) is 2.11. The SMILES string of the molecule is O[C@@H]1CC[C@H]2COC[C@H]21. The van der Waals surface area contributed by atoms with Crippen molar-refractivity contribution < 1.29 is 9.84 Å². The molecule has 0 aromatic carbocycles. The third-order valence-electron chi connectivity index (χ3n) is 2.58. The summed E-state index contributed by atoms with van der Waals surface area (Å²) < 4.78 is 5.22. The Bertz CT molecular complexity index is 113. The Kier molecular flexibility index (Phi) is 1.24. The minimum absolute atomic E-state index is 0.0579. The molecule has 0 bridgehead atoms. The summed E-state index contributed by atoms with van der Waals surface area (Å²) in [4.78, 5) is 0. The van der Waals surface area contributed by atoms with Gasteiger partial charge in [-0.25, -0.2) is 0 Å². The van der Waals surface area contributed by atoms with Crippen LogP contribution in [0.15, 0.2) is 0 Å². The summed E-state index contributed by atoms with van der Waals surface area (Å²) in [7, 11) is 0. The van der Waals surface area contributed by atoms with E-state index in [1.807, 2.05) is 0 Å². The molecular formula is C7H12O2. The molecule has 2 heteroatoms. The average Bonchev–Trinajstić information content (AvgIpc) is 2.35. The van der Waals surface area contributed by atoms with E-state index in [9.17, 15) is 5.11 Å². The van der Waals surface area contributed by atoms with Crippen LogP contribution in [0.3, 0.4) is 0 Å². The van der Waals surface area contributed by atoms with Gasteiger partial charge in [-0.1, -0.05) is 0 Å². The highest BCUT2D eigenvalue weighted by molar-refractivity contribution is 4.87. The van der Waals surface area contributed by atoms with Gasteiger partial charge in [-0.2, -0.15) is 0 Å². The molecule has 2 aliphatic rings. The zero-order valence-electron chi connectivity index (χ0n) is 5.42. The summed E-state index contributed by atoms with van der Waals surface area (Å²) in [5, 5.41) is 9.32. The molecule has 1 aliphatic heterocycles. The van der Waals surface area contributed by atoms with E-state index in [2.05, 4.69) is 0 Å². The summed E-state index contributed by atoms with van der Waals surface area (Å²) >= 11 is 0. The van der Waals surface area contributed by atoms with Gasteiger partial charge in [0, 0.05) is 12.5 Å². The number of aliphatic hydroxyl groups excluding tert-OH is 1. The normalized spacial score (nSPS) is 49.7. The summed E-state index contributed by atoms with van der Waals surface area (Å²) in [6.45, 7) is 1.69. The monoisotopic (exact) mass is 128 g/mol. The zero-order chi connectivity index (χ0) is 6.27. The first-order valence-corrected chi connectivity index (χ1v) is 3.64. The molecule has 1 saturated carbocycles. The Balaban J connectivity index is 2.07. The van der Waals surface area contributed by atoms with E-state index in [0.717, 1.165) is 19.6 Å². The van der Waals surface area contributed by atoms with Crippen LogP contribution in [-0.2, 0) is 4.74 Å². The fourth-order valence-electron chi connectivity index (χ4n) is 1.94. The number of ether oxygens (including phenoxy) is 1. The highest BCUT2D eigenvalue weighted by Crippen LogP contribution is 2.36. The highest BCUT2D eigenvalue weighted by atomic mass is 16.5. The third-order valence-corrected chi connectivity index (χ3v) is 2.58. The van der Waals surface area contributed by atoms with Crippen LogP contribution < -0.4 is 0 Å². The summed E-state index contributed by atoms with van der Waals surface area (Å²) in [5.74, 6) is 1.16. The first kappa shape index (κ1) is 5.69. The largest absolute Gasteiger partial charge is 0.393 e. The van der Waals surface area contributed by atoms with E-state index in [1.165, 1.54) is 6.42 Å². The van der Waals surface area contributed by atoms with Crippen LogP contribution >= 0.6 is 0 Å². The Morgan fingerprint density at radius 2 is 2.11 bits per heavy atom. The molecule has 0 radical (unpaired) electrons. The molecule has 2 rings (SSSR count). The molecule has 3 atom stereocenters. The Morgan fingerprint density at radius 3 is 2.89 bits per heavy atom. The molecule has 0 amide bonds. The lowest BCUT2D eigenvalue weighted by Gasteiger charge is -2.08. The molecule has 1 saturated heterocycles. The Hall–Kier alpha value is -0.0800. The van der Waals surface area contributed by atoms with Gasteiger partial charge in [0.15, 0.2) is 0 Å². The smallest absolute Gasteiger partial charge is 0.0594 e. The standard InChI is InChI=1S/C7H12O2/c8-7-2-1-5-3-9-4-6(5)7/h5-8H,1-4H2/t5-,6+,7+/m0/s1. The van der Waals surface area contributed by atoms with Crippen LogP contribution in [0.2, 0.25) is 0 Å². The molecule has 2 nitrogen and oxygen atoms in total. The van der Waals surface area contributed by atoms with E-state index >= 15 is 0 Å². The minimum Gasteiger partial charge on any atom is -0.393 e. The van der Waals surface area contributed by atoms with Crippen LogP contribution in [-0.4, -0.2) is 24.4 Å².